The zero-order valence-corrected chi connectivity index (χ0v) is 11.7. The first kappa shape index (κ1) is 12.8. The van der Waals surface area contributed by atoms with Crippen molar-refractivity contribution in [2.75, 3.05) is 5.73 Å². The summed E-state index contributed by atoms with van der Waals surface area (Å²) >= 11 is 6.18. The highest BCUT2D eigenvalue weighted by Crippen LogP contribution is 2.35. The number of nitrogens with zero attached hydrogens (tertiary/aromatic N) is 1. The van der Waals surface area contributed by atoms with Crippen LogP contribution in [0.4, 0.5) is 5.69 Å². The summed E-state index contributed by atoms with van der Waals surface area (Å²) in [6.45, 7) is 1.91. The smallest absolute Gasteiger partial charge is 0.149 e. The predicted molar refractivity (Wildman–Crippen MR) is 82.4 cm³/mol. The molecule has 0 spiro atoms. The lowest BCUT2D eigenvalue weighted by Gasteiger charge is -2.11. The fourth-order valence-electron chi connectivity index (χ4n) is 2.11. The molecule has 0 fully saturated rings. The van der Waals surface area contributed by atoms with Crippen LogP contribution in [0.2, 0.25) is 5.02 Å². The van der Waals surface area contributed by atoms with Crippen molar-refractivity contribution in [3.8, 4) is 11.5 Å². The molecular weight excluding hydrogens is 272 g/mol. The van der Waals surface area contributed by atoms with Crippen LogP contribution in [-0.4, -0.2) is 4.98 Å². The first-order chi connectivity index (χ1) is 9.63. The van der Waals surface area contributed by atoms with Crippen molar-refractivity contribution in [1.29, 1.82) is 0 Å². The zero-order chi connectivity index (χ0) is 14.1. The van der Waals surface area contributed by atoms with E-state index in [1.54, 1.807) is 12.3 Å². The third-order valence-corrected chi connectivity index (χ3v) is 3.32. The number of nitrogens with two attached hydrogens (primary N) is 1. The van der Waals surface area contributed by atoms with Crippen LogP contribution in [0.15, 0.2) is 48.7 Å². The van der Waals surface area contributed by atoms with Gasteiger partial charge in [-0.15, -0.1) is 0 Å². The second-order valence-electron chi connectivity index (χ2n) is 4.61. The number of aryl methyl sites for hydroxylation is 1. The number of hydrogen-bond acceptors (Lipinski definition) is 3. The van der Waals surface area contributed by atoms with Crippen LogP contribution < -0.4 is 10.5 Å². The van der Waals surface area contributed by atoms with E-state index in [2.05, 4.69) is 4.98 Å². The average Bonchev–Trinajstić information content (AvgIpc) is 2.42. The Balaban J connectivity index is 2.01. The number of fused-ring (bicyclic) bond motifs is 1. The Kier molecular flexibility index (Phi) is 3.20. The molecule has 0 saturated carbocycles. The van der Waals surface area contributed by atoms with E-state index in [1.807, 2.05) is 43.3 Å². The molecule has 2 aromatic carbocycles. The number of rotatable bonds is 2. The monoisotopic (exact) mass is 284 g/mol. The SMILES string of the molecule is Cc1cc(N)cc(Cl)c1Oc1cnc2ccccc2c1. The third kappa shape index (κ3) is 2.40. The van der Waals surface area contributed by atoms with Crippen LogP contribution in [0.3, 0.4) is 0 Å². The molecule has 4 heteroatoms. The van der Waals surface area contributed by atoms with E-state index < -0.39 is 0 Å². The van der Waals surface area contributed by atoms with Gasteiger partial charge in [0.05, 0.1) is 16.7 Å². The van der Waals surface area contributed by atoms with Crippen molar-refractivity contribution in [2.45, 2.75) is 6.92 Å². The van der Waals surface area contributed by atoms with Gasteiger partial charge in [0, 0.05) is 11.1 Å². The Morgan fingerprint density at radius 1 is 1.15 bits per heavy atom. The highest BCUT2D eigenvalue weighted by molar-refractivity contribution is 6.32. The highest BCUT2D eigenvalue weighted by Gasteiger charge is 2.09. The molecule has 3 nitrogen and oxygen atoms in total. The topological polar surface area (TPSA) is 48.1 Å². The first-order valence-corrected chi connectivity index (χ1v) is 6.59. The summed E-state index contributed by atoms with van der Waals surface area (Å²) in [6.07, 6.45) is 1.69. The molecule has 2 N–H and O–H groups in total. The predicted octanol–water partition coefficient (Wildman–Crippen LogP) is 4.57. The normalized spacial score (nSPS) is 10.7. The van der Waals surface area contributed by atoms with Crippen molar-refractivity contribution in [3.05, 3.63) is 59.2 Å². The van der Waals surface area contributed by atoms with Gasteiger partial charge in [0.15, 0.2) is 0 Å². The summed E-state index contributed by atoms with van der Waals surface area (Å²) in [7, 11) is 0. The minimum Gasteiger partial charge on any atom is -0.454 e. The second-order valence-corrected chi connectivity index (χ2v) is 5.02. The maximum absolute atomic E-state index is 6.18. The average molecular weight is 285 g/mol. The summed E-state index contributed by atoms with van der Waals surface area (Å²) in [5.74, 6) is 1.26. The molecule has 0 aliphatic rings. The molecule has 0 unspecified atom stereocenters. The van der Waals surface area contributed by atoms with Gasteiger partial charge in [-0.1, -0.05) is 29.8 Å². The van der Waals surface area contributed by atoms with Crippen molar-refractivity contribution < 1.29 is 4.74 Å². The molecule has 0 bridgehead atoms. The second kappa shape index (κ2) is 5.02. The third-order valence-electron chi connectivity index (χ3n) is 3.04. The molecule has 0 aliphatic heterocycles. The van der Waals surface area contributed by atoms with Crippen molar-refractivity contribution in [3.63, 3.8) is 0 Å². The van der Waals surface area contributed by atoms with Crippen molar-refractivity contribution >= 4 is 28.2 Å². The fourth-order valence-corrected chi connectivity index (χ4v) is 2.42. The molecule has 3 rings (SSSR count). The van der Waals surface area contributed by atoms with Gasteiger partial charge in [0.2, 0.25) is 0 Å². The Labute approximate surface area is 122 Å². The number of pyridine rings is 1. The van der Waals surface area contributed by atoms with E-state index in [0.717, 1.165) is 16.5 Å². The van der Waals surface area contributed by atoms with E-state index in [9.17, 15) is 0 Å². The summed E-state index contributed by atoms with van der Waals surface area (Å²) in [6, 6.07) is 13.3. The van der Waals surface area contributed by atoms with Crippen LogP contribution in [0.1, 0.15) is 5.56 Å². The van der Waals surface area contributed by atoms with E-state index in [-0.39, 0.29) is 0 Å². The lowest BCUT2D eigenvalue weighted by molar-refractivity contribution is 0.478. The zero-order valence-electron chi connectivity index (χ0n) is 10.9. The molecule has 0 aliphatic carbocycles. The summed E-state index contributed by atoms with van der Waals surface area (Å²) < 4.78 is 5.85. The number of benzene rings is 2. The van der Waals surface area contributed by atoms with Crippen LogP contribution in [0.25, 0.3) is 10.9 Å². The van der Waals surface area contributed by atoms with Crippen molar-refractivity contribution in [1.82, 2.24) is 4.98 Å². The quantitative estimate of drug-likeness (QED) is 0.701. The van der Waals surface area contributed by atoms with Gasteiger partial charge in [0.1, 0.15) is 11.5 Å². The number of ether oxygens (including phenoxy) is 1. The lowest BCUT2D eigenvalue weighted by atomic mass is 10.2. The number of aromatic nitrogens is 1. The minimum absolute atomic E-state index is 0.496. The molecule has 1 aromatic heterocycles. The molecule has 100 valence electrons. The summed E-state index contributed by atoms with van der Waals surface area (Å²) in [5.41, 5.74) is 8.19. The Morgan fingerprint density at radius 3 is 2.75 bits per heavy atom. The number of anilines is 1. The molecule has 1 heterocycles. The van der Waals surface area contributed by atoms with Crippen LogP contribution in [0.5, 0.6) is 11.5 Å². The fraction of sp³-hybridized carbons (Fsp3) is 0.0625. The molecule has 0 saturated heterocycles. The largest absolute Gasteiger partial charge is 0.454 e. The van der Waals surface area contributed by atoms with Crippen molar-refractivity contribution in [2.24, 2.45) is 0 Å². The number of para-hydroxylation sites is 1. The Hall–Kier alpha value is -2.26. The number of hydrogen-bond donors (Lipinski definition) is 1. The standard InChI is InChI=1S/C16H13ClN2O/c1-10-6-12(18)8-14(17)16(10)20-13-7-11-4-2-3-5-15(11)19-9-13/h2-9H,18H2,1H3. The maximum Gasteiger partial charge on any atom is 0.149 e. The van der Waals surface area contributed by atoms with Gasteiger partial charge in [-0.25, -0.2) is 0 Å². The number of nitrogen functional groups attached to an aromatic ring is 1. The van der Waals surface area contributed by atoms with Crippen LogP contribution in [0, 0.1) is 6.92 Å². The van der Waals surface area contributed by atoms with Crippen LogP contribution >= 0.6 is 11.6 Å². The van der Waals surface area contributed by atoms with Gasteiger partial charge >= 0.3 is 0 Å². The van der Waals surface area contributed by atoms with E-state index in [1.165, 1.54) is 0 Å². The van der Waals surface area contributed by atoms with E-state index in [4.69, 9.17) is 22.1 Å². The van der Waals surface area contributed by atoms with Gasteiger partial charge in [-0.05, 0) is 36.8 Å². The summed E-state index contributed by atoms with van der Waals surface area (Å²) in [4.78, 5) is 4.36. The molecule has 0 atom stereocenters. The van der Waals surface area contributed by atoms with Gasteiger partial charge in [-0.3, -0.25) is 4.98 Å². The summed E-state index contributed by atoms with van der Waals surface area (Å²) in [5, 5.41) is 1.52. The minimum atomic E-state index is 0.496. The number of halogens is 1. The Morgan fingerprint density at radius 2 is 1.95 bits per heavy atom. The van der Waals surface area contributed by atoms with Gasteiger partial charge < -0.3 is 10.5 Å². The van der Waals surface area contributed by atoms with Gasteiger partial charge in [0.25, 0.3) is 0 Å². The van der Waals surface area contributed by atoms with E-state index >= 15 is 0 Å². The van der Waals surface area contributed by atoms with Gasteiger partial charge in [-0.2, -0.15) is 0 Å². The highest BCUT2D eigenvalue weighted by atomic mass is 35.5. The Bertz CT molecular complexity index is 763. The maximum atomic E-state index is 6.18. The molecule has 0 radical (unpaired) electrons. The first-order valence-electron chi connectivity index (χ1n) is 6.22. The van der Waals surface area contributed by atoms with E-state index in [0.29, 0.717) is 22.2 Å². The molecule has 20 heavy (non-hydrogen) atoms. The molecular formula is C16H13ClN2O. The van der Waals surface area contributed by atoms with Crippen LogP contribution in [-0.2, 0) is 0 Å². The molecule has 0 amide bonds. The molecule has 3 aromatic rings. The lowest BCUT2D eigenvalue weighted by Crippen LogP contribution is -1.93.